The van der Waals surface area contributed by atoms with E-state index in [2.05, 4.69) is 56.0 Å². The summed E-state index contributed by atoms with van der Waals surface area (Å²) in [4.78, 5) is 0. The highest BCUT2D eigenvalue weighted by molar-refractivity contribution is 6.05. The lowest BCUT2D eigenvalue weighted by atomic mass is 9.99. The van der Waals surface area contributed by atoms with Crippen LogP contribution in [0.3, 0.4) is 0 Å². The number of rotatable bonds is 0. The van der Waals surface area contributed by atoms with Crippen LogP contribution in [0.25, 0.3) is 11.1 Å². The molecular formula is C18H20. The molecule has 0 bridgehead atoms. The van der Waals surface area contributed by atoms with Crippen LogP contribution in [0.15, 0.2) is 60.2 Å². The maximum absolute atomic E-state index is 4.24. The van der Waals surface area contributed by atoms with Gasteiger partial charge in [-0.15, -0.1) is 0 Å². The summed E-state index contributed by atoms with van der Waals surface area (Å²) in [5.74, 6) is 0. The van der Waals surface area contributed by atoms with Crippen LogP contribution in [-0.2, 0) is 0 Å². The zero-order chi connectivity index (χ0) is 13.1. The molecule has 0 heteroatoms. The Labute approximate surface area is 110 Å². The van der Waals surface area contributed by atoms with Gasteiger partial charge in [0.25, 0.3) is 0 Å². The Bertz CT molecular complexity index is 565. The van der Waals surface area contributed by atoms with Gasteiger partial charge in [0.1, 0.15) is 0 Å². The minimum absolute atomic E-state index is 1.02. The molecule has 0 aliphatic heterocycles. The smallest absolute Gasteiger partial charge is 0.00788 e. The molecule has 92 valence electrons. The van der Waals surface area contributed by atoms with E-state index < -0.39 is 0 Å². The van der Waals surface area contributed by atoms with E-state index in [0.29, 0.717) is 0 Å². The first-order valence-corrected chi connectivity index (χ1v) is 6.66. The van der Waals surface area contributed by atoms with E-state index in [9.17, 15) is 0 Å². The summed E-state index contributed by atoms with van der Waals surface area (Å²) in [6.07, 6.45) is 7.75. The molecule has 0 amide bonds. The van der Waals surface area contributed by atoms with Gasteiger partial charge < -0.3 is 0 Å². The summed E-state index contributed by atoms with van der Waals surface area (Å²) in [5.41, 5.74) is 7.80. The Kier molecular flexibility index (Phi) is 3.66. The normalized spacial score (nSPS) is 16.4. The lowest BCUT2D eigenvalue weighted by Gasteiger charge is -2.05. The van der Waals surface area contributed by atoms with Crippen LogP contribution in [0.5, 0.6) is 0 Å². The molecule has 0 radical (unpaired) electrons. The average Bonchev–Trinajstić information content (AvgIpc) is 2.58. The molecule has 0 saturated heterocycles. The fourth-order valence-electron chi connectivity index (χ4n) is 2.57. The summed E-state index contributed by atoms with van der Waals surface area (Å²) >= 11 is 0. The van der Waals surface area contributed by atoms with Crippen molar-refractivity contribution in [2.75, 3.05) is 0 Å². The third-order valence-electron chi connectivity index (χ3n) is 3.35. The topological polar surface area (TPSA) is 0 Å². The maximum Gasteiger partial charge on any atom is -0.00788 e. The van der Waals surface area contributed by atoms with Crippen LogP contribution in [0.1, 0.15) is 38.3 Å². The van der Waals surface area contributed by atoms with Gasteiger partial charge in [0.05, 0.1) is 0 Å². The van der Waals surface area contributed by atoms with Gasteiger partial charge in [-0.2, -0.15) is 0 Å². The molecular weight excluding hydrogens is 216 g/mol. The SMILES string of the molecule is C=C1C2=C(C=CCC=C2C)c2ccccc21.CC. The fourth-order valence-corrected chi connectivity index (χ4v) is 2.57. The Hall–Kier alpha value is -1.82. The molecule has 0 atom stereocenters. The van der Waals surface area contributed by atoms with Crippen molar-refractivity contribution in [3.63, 3.8) is 0 Å². The molecule has 2 aliphatic rings. The molecule has 0 spiro atoms. The summed E-state index contributed by atoms with van der Waals surface area (Å²) < 4.78 is 0. The monoisotopic (exact) mass is 236 g/mol. The summed E-state index contributed by atoms with van der Waals surface area (Å²) in [5, 5.41) is 0. The van der Waals surface area contributed by atoms with Crippen molar-refractivity contribution in [3.05, 3.63) is 71.3 Å². The molecule has 0 heterocycles. The van der Waals surface area contributed by atoms with Gasteiger partial charge in [0.2, 0.25) is 0 Å². The number of hydrogen-bond donors (Lipinski definition) is 0. The van der Waals surface area contributed by atoms with Gasteiger partial charge in [-0.1, -0.05) is 62.9 Å². The van der Waals surface area contributed by atoms with Crippen LogP contribution in [-0.4, -0.2) is 0 Å². The van der Waals surface area contributed by atoms with Gasteiger partial charge in [0, 0.05) is 0 Å². The summed E-state index contributed by atoms with van der Waals surface area (Å²) in [6.45, 7) is 10.4. The van der Waals surface area contributed by atoms with Crippen molar-refractivity contribution >= 4 is 11.1 Å². The minimum Gasteiger partial charge on any atom is -0.0905 e. The van der Waals surface area contributed by atoms with Crippen molar-refractivity contribution in [1.29, 1.82) is 0 Å². The first-order chi connectivity index (χ1) is 8.79. The fraction of sp³-hybridized carbons (Fsp3) is 0.222. The number of hydrogen-bond acceptors (Lipinski definition) is 0. The molecule has 2 aliphatic carbocycles. The van der Waals surface area contributed by atoms with Gasteiger partial charge in [-0.05, 0) is 46.8 Å². The molecule has 0 nitrogen and oxygen atoms in total. The standard InChI is InChI=1S/C16H14.C2H6/c1-11-7-3-4-10-15-14-9-6-5-8-13(14)12(2)16(11)15;1-2/h4-10H,2-3H2,1H3;1-2H3. The summed E-state index contributed by atoms with van der Waals surface area (Å²) in [6, 6.07) is 8.53. The van der Waals surface area contributed by atoms with Gasteiger partial charge in [-0.25, -0.2) is 0 Å². The zero-order valence-corrected chi connectivity index (χ0v) is 11.5. The van der Waals surface area contributed by atoms with E-state index in [4.69, 9.17) is 0 Å². The molecule has 0 saturated carbocycles. The van der Waals surface area contributed by atoms with E-state index >= 15 is 0 Å². The molecule has 0 aromatic heterocycles. The van der Waals surface area contributed by atoms with Crippen molar-refractivity contribution in [1.82, 2.24) is 0 Å². The molecule has 1 aromatic carbocycles. The van der Waals surface area contributed by atoms with E-state index in [-0.39, 0.29) is 0 Å². The van der Waals surface area contributed by atoms with Gasteiger partial charge >= 0.3 is 0 Å². The van der Waals surface area contributed by atoms with Crippen molar-refractivity contribution in [2.45, 2.75) is 27.2 Å². The molecule has 0 fully saturated rings. The van der Waals surface area contributed by atoms with E-state index in [1.165, 1.54) is 33.4 Å². The lowest BCUT2D eigenvalue weighted by Crippen LogP contribution is -1.84. The summed E-state index contributed by atoms with van der Waals surface area (Å²) in [7, 11) is 0. The number of fused-ring (bicyclic) bond motifs is 2. The second-order valence-electron chi connectivity index (χ2n) is 4.34. The number of allylic oxidation sites excluding steroid dienone is 7. The van der Waals surface area contributed by atoms with Crippen molar-refractivity contribution in [2.24, 2.45) is 0 Å². The Morgan fingerprint density at radius 1 is 1.06 bits per heavy atom. The molecule has 3 rings (SSSR count). The van der Waals surface area contributed by atoms with E-state index in [1.807, 2.05) is 13.8 Å². The maximum atomic E-state index is 4.24. The predicted molar refractivity (Wildman–Crippen MR) is 81.3 cm³/mol. The Balaban J connectivity index is 0.000000574. The van der Waals surface area contributed by atoms with Crippen LogP contribution in [0, 0.1) is 0 Å². The van der Waals surface area contributed by atoms with Crippen molar-refractivity contribution in [3.8, 4) is 0 Å². The minimum atomic E-state index is 1.02. The van der Waals surface area contributed by atoms with Crippen LogP contribution in [0.2, 0.25) is 0 Å². The number of benzene rings is 1. The molecule has 0 unspecified atom stereocenters. The predicted octanol–water partition coefficient (Wildman–Crippen LogP) is 5.40. The molecule has 18 heavy (non-hydrogen) atoms. The Morgan fingerprint density at radius 3 is 2.44 bits per heavy atom. The first kappa shape index (κ1) is 12.6. The largest absolute Gasteiger partial charge is 0.0905 e. The van der Waals surface area contributed by atoms with E-state index in [0.717, 1.165) is 6.42 Å². The van der Waals surface area contributed by atoms with Crippen LogP contribution >= 0.6 is 0 Å². The third-order valence-corrected chi connectivity index (χ3v) is 3.35. The highest BCUT2D eigenvalue weighted by Gasteiger charge is 2.24. The van der Waals surface area contributed by atoms with Gasteiger partial charge in [0.15, 0.2) is 0 Å². The van der Waals surface area contributed by atoms with Crippen LogP contribution < -0.4 is 0 Å². The second-order valence-corrected chi connectivity index (χ2v) is 4.34. The van der Waals surface area contributed by atoms with Gasteiger partial charge in [-0.3, -0.25) is 0 Å². The zero-order valence-electron chi connectivity index (χ0n) is 11.5. The quantitative estimate of drug-likeness (QED) is 0.566. The third kappa shape index (κ3) is 1.88. The van der Waals surface area contributed by atoms with Crippen LogP contribution in [0.4, 0.5) is 0 Å². The highest BCUT2D eigenvalue weighted by atomic mass is 14.3. The first-order valence-electron chi connectivity index (χ1n) is 6.66. The van der Waals surface area contributed by atoms with Crippen molar-refractivity contribution < 1.29 is 0 Å². The average molecular weight is 236 g/mol. The lowest BCUT2D eigenvalue weighted by molar-refractivity contribution is 1.33. The molecule has 0 N–H and O–H groups in total. The van der Waals surface area contributed by atoms with E-state index in [1.54, 1.807) is 0 Å². The Morgan fingerprint density at radius 2 is 1.72 bits per heavy atom. The molecule has 1 aromatic rings. The second kappa shape index (κ2) is 5.22. The highest BCUT2D eigenvalue weighted by Crippen LogP contribution is 2.44.